The van der Waals surface area contributed by atoms with Gasteiger partial charge in [-0.1, -0.05) is 13.0 Å². The highest BCUT2D eigenvalue weighted by atomic mass is 127. The van der Waals surface area contributed by atoms with Crippen LogP contribution in [0.4, 0.5) is 8.78 Å². The van der Waals surface area contributed by atoms with Crippen LogP contribution in [0.5, 0.6) is 0 Å². The van der Waals surface area contributed by atoms with Gasteiger partial charge in [0.15, 0.2) is 5.78 Å². The third-order valence-electron chi connectivity index (χ3n) is 2.25. The van der Waals surface area contributed by atoms with Gasteiger partial charge in [-0.05, 0) is 47.6 Å². The Balaban J connectivity index is 3.39. The van der Waals surface area contributed by atoms with Crippen LogP contribution in [0.15, 0.2) is 12.1 Å². The third kappa shape index (κ3) is 2.53. The summed E-state index contributed by atoms with van der Waals surface area (Å²) in [5, 5.41) is 0. The summed E-state index contributed by atoms with van der Waals surface area (Å²) in [6.07, 6.45) is -1.96. The van der Waals surface area contributed by atoms with Gasteiger partial charge < -0.3 is 0 Å². The second-order valence-electron chi connectivity index (χ2n) is 3.21. The van der Waals surface area contributed by atoms with Gasteiger partial charge in [0.1, 0.15) is 0 Å². The summed E-state index contributed by atoms with van der Waals surface area (Å²) in [6.45, 7) is 3.26. The van der Waals surface area contributed by atoms with Crippen molar-refractivity contribution in [3.63, 3.8) is 0 Å². The fraction of sp³-hybridized carbons (Fsp3) is 0.364. The van der Waals surface area contributed by atoms with Crippen LogP contribution in [0.2, 0.25) is 0 Å². The van der Waals surface area contributed by atoms with E-state index in [1.807, 2.05) is 29.5 Å². The van der Waals surface area contributed by atoms with Crippen molar-refractivity contribution < 1.29 is 13.6 Å². The first-order chi connectivity index (χ1) is 6.99. The Labute approximate surface area is 101 Å². The largest absolute Gasteiger partial charge is 0.294 e. The number of carbonyl (C=O) groups is 1. The molecule has 0 atom stereocenters. The standard InChI is InChI=1S/C11H11F2IO/c1-3-7-9(11(12)13)5-4-8(6(2)15)10(7)14/h4-5,11H,3H2,1-2H3. The summed E-state index contributed by atoms with van der Waals surface area (Å²) in [5.74, 6) is -0.0880. The Morgan fingerprint density at radius 1 is 1.47 bits per heavy atom. The lowest BCUT2D eigenvalue weighted by molar-refractivity contribution is 0.101. The van der Waals surface area contributed by atoms with Gasteiger partial charge in [-0.3, -0.25) is 4.79 Å². The summed E-state index contributed by atoms with van der Waals surface area (Å²) in [6, 6.07) is 2.83. The van der Waals surface area contributed by atoms with Crippen molar-refractivity contribution in [2.45, 2.75) is 26.7 Å². The Bertz CT molecular complexity index is 388. The van der Waals surface area contributed by atoms with Crippen molar-refractivity contribution >= 4 is 28.4 Å². The fourth-order valence-corrected chi connectivity index (χ4v) is 2.72. The molecule has 0 unspecified atom stereocenters. The van der Waals surface area contributed by atoms with Crippen molar-refractivity contribution in [1.82, 2.24) is 0 Å². The molecular weight excluding hydrogens is 313 g/mol. The summed E-state index contributed by atoms with van der Waals surface area (Å²) >= 11 is 1.96. The lowest BCUT2D eigenvalue weighted by Crippen LogP contribution is -2.04. The second-order valence-corrected chi connectivity index (χ2v) is 4.28. The highest BCUT2D eigenvalue weighted by Crippen LogP contribution is 2.29. The van der Waals surface area contributed by atoms with Crippen molar-refractivity contribution in [1.29, 1.82) is 0 Å². The normalized spacial score (nSPS) is 10.8. The SMILES string of the molecule is CCc1c(C(F)F)ccc(C(C)=O)c1I. The molecule has 1 aromatic carbocycles. The van der Waals surface area contributed by atoms with E-state index in [1.165, 1.54) is 19.1 Å². The molecule has 0 aliphatic heterocycles. The average molecular weight is 324 g/mol. The van der Waals surface area contributed by atoms with E-state index in [-0.39, 0.29) is 11.3 Å². The molecule has 0 aliphatic carbocycles. The van der Waals surface area contributed by atoms with E-state index in [0.29, 0.717) is 21.1 Å². The first-order valence-corrected chi connectivity index (χ1v) is 5.67. The number of carbonyl (C=O) groups excluding carboxylic acids is 1. The smallest absolute Gasteiger partial charge is 0.264 e. The van der Waals surface area contributed by atoms with Gasteiger partial charge in [0, 0.05) is 14.7 Å². The Morgan fingerprint density at radius 3 is 2.47 bits per heavy atom. The molecule has 0 bridgehead atoms. The second kappa shape index (κ2) is 5.01. The number of hydrogen-bond acceptors (Lipinski definition) is 1. The highest BCUT2D eigenvalue weighted by molar-refractivity contribution is 14.1. The number of alkyl halides is 2. The molecule has 0 spiro atoms. The van der Waals surface area contributed by atoms with Gasteiger partial charge in [-0.2, -0.15) is 0 Å². The molecule has 0 aromatic heterocycles. The van der Waals surface area contributed by atoms with Gasteiger partial charge in [0.05, 0.1) is 0 Å². The molecule has 0 aliphatic rings. The van der Waals surface area contributed by atoms with Crippen LogP contribution in [0.25, 0.3) is 0 Å². The average Bonchev–Trinajstić information content (AvgIpc) is 2.16. The first-order valence-electron chi connectivity index (χ1n) is 4.59. The van der Waals surface area contributed by atoms with E-state index >= 15 is 0 Å². The fourth-order valence-electron chi connectivity index (χ4n) is 1.47. The molecular formula is C11H11F2IO. The molecule has 0 heterocycles. The van der Waals surface area contributed by atoms with Crippen molar-refractivity contribution in [3.8, 4) is 0 Å². The van der Waals surface area contributed by atoms with E-state index < -0.39 is 6.43 Å². The summed E-state index contributed by atoms with van der Waals surface area (Å²) in [4.78, 5) is 11.2. The predicted molar refractivity (Wildman–Crippen MR) is 63.5 cm³/mol. The number of ketones is 1. The van der Waals surface area contributed by atoms with Gasteiger partial charge in [0.2, 0.25) is 0 Å². The van der Waals surface area contributed by atoms with Crippen LogP contribution in [-0.4, -0.2) is 5.78 Å². The van der Waals surface area contributed by atoms with Crippen LogP contribution < -0.4 is 0 Å². The van der Waals surface area contributed by atoms with Gasteiger partial charge in [-0.25, -0.2) is 8.78 Å². The number of rotatable bonds is 3. The number of benzene rings is 1. The van der Waals surface area contributed by atoms with Crippen LogP contribution in [0.1, 0.15) is 41.8 Å². The zero-order valence-corrected chi connectivity index (χ0v) is 10.6. The minimum atomic E-state index is -2.48. The molecule has 0 saturated carbocycles. The maximum absolute atomic E-state index is 12.6. The topological polar surface area (TPSA) is 17.1 Å². The summed E-state index contributed by atoms with van der Waals surface area (Å²) in [5.41, 5.74) is 1.14. The lowest BCUT2D eigenvalue weighted by Gasteiger charge is -2.11. The quantitative estimate of drug-likeness (QED) is 0.607. The maximum atomic E-state index is 12.6. The number of halogens is 3. The first kappa shape index (κ1) is 12.5. The lowest BCUT2D eigenvalue weighted by atomic mass is 10.0. The monoisotopic (exact) mass is 324 g/mol. The van der Waals surface area contributed by atoms with Gasteiger partial charge in [0.25, 0.3) is 6.43 Å². The van der Waals surface area contributed by atoms with E-state index in [0.717, 1.165) is 0 Å². The molecule has 0 N–H and O–H groups in total. The van der Waals surface area contributed by atoms with Crippen molar-refractivity contribution in [2.75, 3.05) is 0 Å². The number of Topliss-reactive ketones (excluding diaryl/α,β-unsaturated/α-hetero) is 1. The van der Waals surface area contributed by atoms with Crippen molar-refractivity contribution in [2.24, 2.45) is 0 Å². The minimum absolute atomic E-state index is 0.0342. The molecule has 0 fully saturated rings. The van der Waals surface area contributed by atoms with Crippen LogP contribution in [0, 0.1) is 3.57 Å². The third-order valence-corrected chi connectivity index (χ3v) is 3.48. The zero-order chi connectivity index (χ0) is 11.6. The van der Waals surface area contributed by atoms with E-state index in [1.54, 1.807) is 0 Å². The Kier molecular flexibility index (Phi) is 4.19. The Hall–Kier alpha value is -0.520. The van der Waals surface area contributed by atoms with Gasteiger partial charge in [-0.15, -0.1) is 0 Å². The molecule has 1 rings (SSSR count). The zero-order valence-electron chi connectivity index (χ0n) is 8.48. The predicted octanol–water partition coefficient (Wildman–Crippen LogP) is 3.99. The molecule has 82 valence electrons. The van der Waals surface area contributed by atoms with E-state index in [9.17, 15) is 13.6 Å². The summed E-state index contributed by atoms with van der Waals surface area (Å²) in [7, 11) is 0. The Morgan fingerprint density at radius 2 is 2.07 bits per heavy atom. The van der Waals surface area contributed by atoms with Crippen LogP contribution in [-0.2, 0) is 6.42 Å². The summed E-state index contributed by atoms with van der Waals surface area (Å²) < 4.78 is 25.9. The molecule has 4 heteroatoms. The van der Waals surface area contributed by atoms with E-state index in [2.05, 4.69) is 0 Å². The van der Waals surface area contributed by atoms with E-state index in [4.69, 9.17) is 0 Å². The highest BCUT2D eigenvalue weighted by Gasteiger charge is 2.17. The maximum Gasteiger partial charge on any atom is 0.264 e. The molecule has 0 amide bonds. The molecule has 0 saturated heterocycles. The van der Waals surface area contributed by atoms with Crippen LogP contribution >= 0.6 is 22.6 Å². The molecule has 1 aromatic rings. The molecule has 15 heavy (non-hydrogen) atoms. The van der Waals surface area contributed by atoms with Gasteiger partial charge >= 0.3 is 0 Å². The van der Waals surface area contributed by atoms with Crippen molar-refractivity contribution in [3.05, 3.63) is 32.4 Å². The van der Waals surface area contributed by atoms with Crippen LogP contribution in [0.3, 0.4) is 0 Å². The molecule has 1 nitrogen and oxygen atoms in total. The molecule has 0 radical (unpaired) electrons. The number of hydrogen-bond donors (Lipinski definition) is 0. The minimum Gasteiger partial charge on any atom is -0.294 e.